The number of aromatic nitrogens is 2. The normalized spacial score (nSPS) is 12.4. The quantitative estimate of drug-likeness (QED) is 0.610. The number of rotatable bonds is 7. The van der Waals surface area contributed by atoms with Crippen molar-refractivity contribution in [1.29, 1.82) is 0 Å². The summed E-state index contributed by atoms with van der Waals surface area (Å²) in [7, 11) is 0. The van der Waals surface area contributed by atoms with E-state index in [0.717, 1.165) is 18.0 Å². The van der Waals surface area contributed by atoms with Gasteiger partial charge in [-0.15, -0.1) is 0 Å². The number of ether oxygens (including phenoxy) is 1. The summed E-state index contributed by atoms with van der Waals surface area (Å²) in [6.45, 7) is 5.35. The summed E-state index contributed by atoms with van der Waals surface area (Å²) in [5, 5.41) is 4.85. The first-order valence-electron chi connectivity index (χ1n) is 7.02. The number of aryl methyl sites for hydroxylation is 2. The van der Waals surface area contributed by atoms with E-state index in [2.05, 4.69) is 10.5 Å². The molecule has 0 fully saturated rings. The highest BCUT2D eigenvalue weighted by molar-refractivity contribution is 6.31. The Hall–Kier alpha value is -1.56. The Morgan fingerprint density at radius 3 is 2.95 bits per heavy atom. The van der Waals surface area contributed by atoms with E-state index in [0.29, 0.717) is 18.1 Å². The van der Waals surface area contributed by atoms with Crippen LogP contribution in [0, 0.1) is 6.92 Å². The van der Waals surface area contributed by atoms with E-state index in [-0.39, 0.29) is 6.04 Å². The van der Waals surface area contributed by atoms with E-state index >= 15 is 0 Å². The molecular weight excluding hydrogens is 288 g/mol. The smallest absolute Gasteiger partial charge is 0.119 e. The van der Waals surface area contributed by atoms with Gasteiger partial charge in [0.15, 0.2) is 0 Å². The molecule has 21 heavy (non-hydrogen) atoms. The highest BCUT2D eigenvalue weighted by Gasteiger charge is 2.18. The summed E-state index contributed by atoms with van der Waals surface area (Å²) in [4.78, 5) is 0. The van der Waals surface area contributed by atoms with Gasteiger partial charge < -0.3 is 4.74 Å². The van der Waals surface area contributed by atoms with E-state index in [1.165, 1.54) is 5.56 Å². The van der Waals surface area contributed by atoms with E-state index in [9.17, 15) is 0 Å². The Labute approximate surface area is 130 Å². The molecule has 1 aromatic carbocycles. The number of benzene rings is 1. The maximum Gasteiger partial charge on any atom is 0.119 e. The van der Waals surface area contributed by atoms with Gasteiger partial charge in [0, 0.05) is 13.0 Å². The van der Waals surface area contributed by atoms with Crippen LogP contribution in [0.1, 0.15) is 30.6 Å². The van der Waals surface area contributed by atoms with Crippen LogP contribution >= 0.6 is 11.6 Å². The zero-order valence-corrected chi connectivity index (χ0v) is 13.1. The molecule has 5 nitrogen and oxygen atoms in total. The van der Waals surface area contributed by atoms with Crippen LogP contribution in [0.5, 0.6) is 5.75 Å². The zero-order valence-electron chi connectivity index (χ0n) is 12.3. The summed E-state index contributed by atoms with van der Waals surface area (Å²) in [5.74, 6) is 6.52. The number of nitrogens with zero attached hydrogens (tertiary/aromatic N) is 2. The van der Waals surface area contributed by atoms with Gasteiger partial charge in [-0.2, -0.15) is 5.10 Å². The standard InChI is InChI=1S/C15H21ClN4O/c1-3-20-15(13(16)10-18-20)14(19-17)7-8-21-12-6-4-5-11(2)9-12/h4-6,9-10,14,19H,3,7-8,17H2,1-2H3. The summed E-state index contributed by atoms with van der Waals surface area (Å²) in [6, 6.07) is 7.88. The van der Waals surface area contributed by atoms with Gasteiger partial charge in [-0.05, 0) is 31.5 Å². The highest BCUT2D eigenvalue weighted by Crippen LogP contribution is 2.25. The molecule has 1 heterocycles. The molecule has 0 aliphatic rings. The molecule has 2 rings (SSSR count). The van der Waals surface area contributed by atoms with Crippen molar-refractivity contribution >= 4 is 11.6 Å². The molecule has 0 saturated heterocycles. The molecule has 114 valence electrons. The number of halogens is 1. The van der Waals surface area contributed by atoms with Crippen molar-refractivity contribution < 1.29 is 4.74 Å². The Morgan fingerprint density at radius 1 is 1.48 bits per heavy atom. The van der Waals surface area contributed by atoms with Crippen molar-refractivity contribution in [1.82, 2.24) is 15.2 Å². The highest BCUT2D eigenvalue weighted by atomic mass is 35.5. The number of nitrogens with one attached hydrogen (secondary N) is 1. The lowest BCUT2D eigenvalue weighted by molar-refractivity contribution is 0.283. The van der Waals surface area contributed by atoms with Crippen molar-refractivity contribution in [2.75, 3.05) is 6.61 Å². The van der Waals surface area contributed by atoms with Gasteiger partial charge in [0.1, 0.15) is 5.75 Å². The minimum Gasteiger partial charge on any atom is -0.494 e. The number of hydrogen-bond donors (Lipinski definition) is 2. The van der Waals surface area contributed by atoms with Crippen LogP contribution in [0.2, 0.25) is 5.02 Å². The topological polar surface area (TPSA) is 65.1 Å². The molecule has 0 aliphatic carbocycles. The van der Waals surface area contributed by atoms with Crippen molar-refractivity contribution in [2.45, 2.75) is 32.9 Å². The summed E-state index contributed by atoms with van der Waals surface area (Å²) in [5.41, 5.74) is 4.86. The minimum atomic E-state index is -0.0928. The fourth-order valence-electron chi connectivity index (χ4n) is 2.27. The van der Waals surface area contributed by atoms with Crippen molar-refractivity contribution in [3.8, 4) is 5.75 Å². The van der Waals surface area contributed by atoms with E-state index in [1.807, 2.05) is 42.8 Å². The molecule has 1 atom stereocenters. The molecule has 1 aromatic heterocycles. The fraction of sp³-hybridized carbons (Fsp3) is 0.400. The Balaban J connectivity index is 1.98. The van der Waals surface area contributed by atoms with Crippen LogP contribution in [-0.2, 0) is 6.54 Å². The van der Waals surface area contributed by atoms with Gasteiger partial charge in [0.2, 0.25) is 0 Å². The second kappa shape index (κ2) is 7.45. The third kappa shape index (κ3) is 3.97. The zero-order chi connectivity index (χ0) is 15.2. The summed E-state index contributed by atoms with van der Waals surface area (Å²) < 4.78 is 7.61. The van der Waals surface area contributed by atoms with Crippen LogP contribution in [0.25, 0.3) is 0 Å². The molecule has 2 aromatic rings. The molecule has 6 heteroatoms. The second-order valence-corrected chi connectivity index (χ2v) is 5.27. The van der Waals surface area contributed by atoms with Gasteiger partial charge in [-0.25, -0.2) is 0 Å². The summed E-state index contributed by atoms with van der Waals surface area (Å²) in [6.07, 6.45) is 2.35. The van der Waals surface area contributed by atoms with Crippen LogP contribution < -0.4 is 16.0 Å². The molecule has 3 N–H and O–H groups in total. The first-order chi connectivity index (χ1) is 10.2. The second-order valence-electron chi connectivity index (χ2n) is 4.87. The Kier molecular flexibility index (Phi) is 5.61. The third-order valence-electron chi connectivity index (χ3n) is 3.33. The largest absolute Gasteiger partial charge is 0.494 e. The van der Waals surface area contributed by atoms with Crippen molar-refractivity contribution in [2.24, 2.45) is 5.84 Å². The fourth-order valence-corrected chi connectivity index (χ4v) is 2.54. The molecule has 0 radical (unpaired) electrons. The Morgan fingerprint density at radius 2 is 2.29 bits per heavy atom. The first-order valence-corrected chi connectivity index (χ1v) is 7.40. The average Bonchev–Trinajstić information content (AvgIpc) is 2.85. The molecule has 0 spiro atoms. The van der Waals surface area contributed by atoms with Crippen molar-refractivity contribution in [3.63, 3.8) is 0 Å². The lowest BCUT2D eigenvalue weighted by Crippen LogP contribution is -2.31. The number of hydrogen-bond acceptors (Lipinski definition) is 4. The van der Waals surface area contributed by atoms with E-state index in [1.54, 1.807) is 6.20 Å². The number of nitrogens with two attached hydrogens (primary N) is 1. The van der Waals surface area contributed by atoms with Gasteiger partial charge in [-0.3, -0.25) is 16.0 Å². The predicted octanol–water partition coefficient (Wildman–Crippen LogP) is 2.84. The Bertz CT molecular complexity index is 585. The van der Waals surface area contributed by atoms with Gasteiger partial charge >= 0.3 is 0 Å². The van der Waals surface area contributed by atoms with Crippen LogP contribution in [0.4, 0.5) is 0 Å². The van der Waals surface area contributed by atoms with Crippen LogP contribution in [0.3, 0.4) is 0 Å². The van der Waals surface area contributed by atoms with E-state index in [4.69, 9.17) is 22.2 Å². The van der Waals surface area contributed by atoms with Crippen molar-refractivity contribution in [3.05, 3.63) is 46.7 Å². The predicted molar refractivity (Wildman–Crippen MR) is 84.3 cm³/mol. The third-order valence-corrected chi connectivity index (χ3v) is 3.62. The van der Waals surface area contributed by atoms with Gasteiger partial charge in [0.25, 0.3) is 0 Å². The maximum atomic E-state index is 6.19. The molecule has 1 unspecified atom stereocenters. The molecular formula is C15H21ClN4O. The average molecular weight is 309 g/mol. The maximum absolute atomic E-state index is 6.19. The first kappa shape index (κ1) is 15.8. The van der Waals surface area contributed by atoms with E-state index < -0.39 is 0 Å². The SMILES string of the molecule is CCn1ncc(Cl)c1C(CCOc1cccc(C)c1)NN. The molecule has 0 saturated carbocycles. The lowest BCUT2D eigenvalue weighted by Gasteiger charge is -2.18. The van der Waals surface area contributed by atoms with Crippen LogP contribution in [0.15, 0.2) is 30.5 Å². The van der Waals surface area contributed by atoms with Gasteiger partial charge in [-0.1, -0.05) is 23.7 Å². The number of hydrazine groups is 1. The molecule has 0 aliphatic heterocycles. The van der Waals surface area contributed by atoms with Gasteiger partial charge in [0.05, 0.1) is 29.6 Å². The monoisotopic (exact) mass is 308 g/mol. The lowest BCUT2D eigenvalue weighted by atomic mass is 10.1. The minimum absolute atomic E-state index is 0.0928. The molecule has 0 amide bonds. The molecule has 0 bridgehead atoms. The van der Waals surface area contributed by atoms with Crippen LogP contribution in [-0.4, -0.2) is 16.4 Å². The summed E-state index contributed by atoms with van der Waals surface area (Å²) >= 11 is 6.19.